The first-order chi connectivity index (χ1) is 7.40. The molecule has 6 heteroatoms. The number of hydrogen-bond donors (Lipinski definition) is 1. The Morgan fingerprint density at radius 2 is 2.00 bits per heavy atom. The first-order valence-electron chi connectivity index (χ1n) is 4.53. The van der Waals surface area contributed by atoms with Crippen LogP contribution in [0.15, 0.2) is 12.1 Å². The zero-order valence-corrected chi connectivity index (χ0v) is 10.1. The Morgan fingerprint density at radius 3 is 2.56 bits per heavy atom. The van der Waals surface area contributed by atoms with Gasteiger partial charge in [-0.15, -0.1) is 0 Å². The number of phenols is 1. The van der Waals surface area contributed by atoms with E-state index in [2.05, 4.69) is 0 Å². The minimum absolute atomic E-state index is 0.118. The quantitative estimate of drug-likeness (QED) is 0.906. The van der Waals surface area contributed by atoms with E-state index in [-0.39, 0.29) is 23.9 Å². The van der Waals surface area contributed by atoms with Crippen LogP contribution in [0.1, 0.15) is 5.56 Å². The normalized spacial score (nSPS) is 11.4. The summed E-state index contributed by atoms with van der Waals surface area (Å²) < 4.78 is 24.2. The molecule has 0 aliphatic heterocycles. The van der Waals surface area contributed by atoms with Gasteiger partial charge in [-0.25, -0.2) is 8.78 Å². The largest absolute Gasteiger partial charge is 0.506 e. The molecule has 0 amide bonds. The highest BCUT2D eigenvalue weighted by molar-refractivity contribution is 6.35. The number of aromatic hydroxyl groups is 1. The lowest BCUT2D eigenvalue weighted by Gasteiger charge is -2.17. The van der Waals surface area contributed by atoms with Crippen LogP contribution in [0.5, 0.6) is 5.75 Å². The van der Waals surface area contributed by atoms with E-state index in [0.29, 0.717) is 10.6 Å². The van der Waals surface area contributed by atoms with Crippen LogP contribution < -0.4 is 0 Å². The van der Waals surface area contributed by atoms with Gasteiger partial charge in [0, 0.05) is 17.1 Å². The van der Waals surface area contributed by atoms with Crippen molar-refractivity contribution in [2.45, 2.75) is 13.0 Å². The average Bonchev–Trinajstić information content (AvgIpc) is 2.11. The third-order valence-corrected chi connectivity index (χ3v) is 2.50. The lowest BCUT2D eigenvalue weighted by Crippen LogP contribution is -2.24. The fourth-order valence-electron chi connectivity index (χ4n) is 1.33. The zero-order chi connectivity index (χ0) is 12.3. The van der Waals surface area contributed by atoms with Gasteiger partial charge in [-0.05, 0) is 19.2 Å². The Labute approximate surface area is 102 Å². The van der Waals surface area contributed by atoms with Gasteiger partial charge in [0.05, 0.1) is 11.6 Å². The van der Waals surface area contributed by atoms with Crippen LogP contribution in [0, 0.1) is 0 Å². The fourth-order valence-corrected chi connectivity index (χ4v) is 1.87. The first-order valence-corrected chi connectivity index (χ1v) is 5.29. The predicted octanol–water partition coefficient (Wildman–Crippen LogP) is 3.40. The molecule has 0 aliphatic carbocycles. The van der Waals surface area contributed by atoms with Crippen molar-refractivity contribution < 1.29 is 13.9 Å². The highest BCUT2D eigenvalue weighted by Crippen LogP contribution is 2.31. The zero-order valence-electron chi connectivity index (χ0n) is 8.55. The molecule has 0 saturated carbocycles. The van der Waals surface area contributed by atoms with Crippen LogP contribution in [0.3, 0.4) is 0 Å². The monoisotopic (exact) mass is 269 g/mol. The average molecular weight is 270 g/mol. The molecule has 0 aromatic heterocycles. The van der Waals surface area contributed by atoms with Gasteiger partial charge in [-0.1, -0.05) is 23.2 Å². The van der Waals surface area contributed by atoms with E-state index >= 15 is 0 Å². The summed E-state index contributed by atoms with van der Waals surface area (Å²) in [6, 6.07) is 2.90. The molecule has 0 radical (unpaired) electrons. The van der Waals surface area contributed by atoms with Crippen molar-refractivity contribution >= 4 is 23.2 Å². The Morgan fingerprint density at radius 1 is 1.38 bits per heavy atom. The van der Waals surface area contributed by atoms with Gasteiger partial charge >= 0.3 is 0 Å². The van der Waals surface area contributed by atoms with Crippen molar-refractivity contribution in [3.8, 4) is 5.75 Å². The van der Waals surface area contributed by atoms with E-state index in [9.17, 15) is 13.9 Å². The van der Waals surface area contributed by atoms with Gasteiger partial charge in [0.1, 0.15) is 5.75 Å². The van der Waals surface area contributed by atoms with Crippen LogP contribution in [0.2, 0.25) is 10.0 Å². The van der Waals surface area contributed by atoms with E-state index in [1.165, 1.54) is 24.1 Å². The number of phenolic OH excluding ortho intramolecular Hbond substituents is 1. The van der Waals surface area contributed by atoms with Gasteiger partial charge < -0.3 is 5.11 Å². The highest BCUT2D eigenvalue weighted by Gasteiger charge is 2.12. The van der Waals surface area contributed by atoms with Crippen molar-refractivity contribution in [3.63, 3.8) is 0 Å². The SMILES string of the molecule is CN(Cc1cc(Cl)cc(Cl)c1O)CC(F)F. The lowest BCUT2D eigenvalue weighted by molar-refractivity contribution is 0.0972. The Bertz CT molecular complexity index is 374. The minimum Gasteiger partial charge on any atom is -0.506 e. The van der Waals surface area contributed by atoms with Gasteiger partial charge in [0.15, 0.2) is 0 Å². The third kappa shape index (κ3) is 3.77. The second-order valence-corrected chi connectivity index (χ2v) is 4.33. The van der Waals surface area contributed by atoms with Crippen molar-refractivity contribution in [2.24, 2.45) is 0 Å². The summed E-state index contributed by atoms with van der Waals surface area (Å²) >= 11 is 11.5. The molecular weight excluding hydrogens is 259 g/mol. The molecule has 0 atom stereocenters. The number of alkyl halides is 2. The third-order valence-electron chi connectivity index (χ3n) is 2.00. The van der Waals surface area contributed by atoms with Gasteiger partial charge in [-0.2, -0.15) is 0 Å². The van der Waals surface area contributed by atoms with Crippen molar-refractivity contribution in [1.29, 1.82) is 0 Å². The summed E-state index contributed by atoms with van der Waals surface area (Å²) in [5, 5.41) is 10.1. The van der Waals surface area contributed by atoms with Crippen LogP contribution in [0.25, 0.3) is 0 Å². The van der Waals surface area contributed by atoms with Crippen LogP contribution in [0.4, 0.5) is 8.78 Å². The summed E-state index contributed by atoms with van der Waals surface area (Å²) in [5.74, 6) is -0.118. The maximum atomic E-state index is 12.1. The van der Waals surface area contributed by atoms with Crippen molar-refractivity contribution in [3.05, 3.63) is 27.7 Å². The summed E-state index contributed by atoms with van der Waals surface area (Å²) in [7, 11) is 1.53. The molecular formula is C10H11Cl2F2NO. The van der Waals surface area contributed by atoms with Gasteiger partial charge in [-0.3, -0.25) is 4.90 Å². The summed E-state index contributed by atoms with van der Waals surface area (Å²) in [4.78, 5) is 1.38. The highest BCUT2D eigenvalue weighted by atomic mass is 35.5. The van der Waals surface area contributed by atoms with E-state index in [0.717, 1.165) is 0 Å². The number of hydrogen-bond acceptors (Lipinski definition) is 2. The molecule has 16 heavy (non-hydrogen) atoms. The molecule has 0 saturated heterocycles. The Kier molecular flexibility index (Phi) is 4.77. The number of rotatable bonds is 4. The number of nitrogens with zero attached hydrogens (tertiary/aromatic N) is 1. The number of benzene rings is 1. The lowest BCUT2D eigenvalue weighted by atomic mass is 10.2. The summed E-state index contributed by atoms with van der Waals surface area (Å²) in [6.45, 7) is -0.208. The maximum Gasteiger partial charge on any atom is 0.251 e. The molecule has 0 aliphatic rings. The molecule has 1 rings (SSSR count). The molecule has 0 fully saturated rings. The van der Waals surface area contributed by atoms with Crippen molar-refractivity contribution in [1.82, 2.24) is 4.90 Å². The summed E-state index contributed by atoms with van der Waals surface area (Å²) in [6.07, 6.45) is -2.42. The second kappa shape index (κ2) is 5.66. The van der Waals surface area contributed by atoms with Crippen molar-refractivity contribution in [2.75, 3.05) is 13.6 Å². The Hall–Kier alpha value is -0.580. The molecule has 0 heterocycles. The fraction of sp³-hybridized carbons (Fsp3) is 0.400. The molecule has 1 aromatic rings. The molecule has 0 bridgehead atoms. The van der Waals surface area contributed by atoms with Crippen LogP contribution >= 0.6 is 23.2 Å². The van der Waals surface area contributed by atoms with Crippen LogP contribution in [-0.2, 0) is 6.54 Å². The van der Waals surface area contributed by atoms with E-state index in [1.807, 2.05) is 0 Å². The first kappa shape index (κ1) is 13.5. The van der Waals surface area contributed by atoms with Gasteiger partial charge in [0.25, 0.3) is 6.43 Å². The predicted molar refractivity (Wildman–Crippen MR) is 60.5 cm³/mol. The second-order valence-electron chi connectivity index (χ2n) is 3.48. The van der Waals surface area contributed by atoms with Gasteiger partial charge in [0.2, 0.25) is 0 Å². The van der Waals surface area contributed by atoms with E-state index in [4.69, 9.17) is 23.2 Å². The molecule has 1 N–H and O–H groups in total. The number of halogens is 4. The molecule has 2 nitrogen and oxygen atoms in total. The maximum absolute atomic E-state index is 12.1. The summed E-state index contributed by atoms with van der Waals surface area (Å²) in [5.41, 5.74) is 0.431. The Balaban J connectivity index is 2.80. The minimum atomic E-state index is -2.42. The van der Waals surface area contributed by atoms with Crippen LogP contribution in [-0.4, -0.2) is 30.0 Å². The molecule has 90 valence electrons. The topological polar surface area (TPSA) is 23.5 Å². The molecule has 1 aromatic carbocycles. The molecule has 0 unspecified atom stereocenters. The molecule has 0 spiro atoms. The van der Waals surface area contributed by atoms with E-state index < -0.39 is 6.43 Å². The van der Waals surface area contributed by atoms with E-state index in [1.54, 1.807) is 0 Å². The smallest absolute Gasteiger partial charge is 0.251 e. The standard InChI is InChI=1S/C10H11Cl2F2NO/c1-15(5-9(13)14)4-6-2-7(11)3-8(12)10(6)16/h2-3,9,16H,4-5H2,1H3.